The fraction of sp³-hybridized carbons (Fsp3) is 0.571. The summed E-state index contributed by atoms with van der Waals surface area (Å²) in [5, 5.41) is 0. The van der Waals surface area contributed by atoms with Crippen molar-refractivity contribution in [2.75, 3.05) is 0 Å². The van der Waals surface area contributed by atoms with Crippen LogP contribution < -0.4 is 5.73 Å². The van der Waals surface area contributed by atoms with Crippen LogP contribution in [0.15, 0.2) is 22.7 Å². The lowest BCUT2D eigenvalue weighted by Gasteiger charge is -2.31. The Balaban J connectivity index is 2.12. The van der Waals surface area contributed by atoms with Crippen molar-refractivity contribution in [1.29, 1.82) is 0 Å². The summed E-state index contributed by atoms with van der Waals surface area (Å²) in [7, 11) is 0. The minimum Gasteiger partial charge on any atom is -0.324 e. The van der Waals surface area contributed by atoms with Gasteiger partial charge in [-0.3, -0.25) is 0 Å². The van der Waals surface area contributed by atoms with Crippen LogP contribution in [0.4, 0.5) is 4.39 Å². The van der Waals surface area contributed by atoms with Gasteiger partial charge in [0.05, 0.1) is 4.47 Å². The average Bonchev–Trinajstić information content (AvgIpc) is 2.32. The third-order valence-electron chi connectivity index (χ3n) is 3.81. The zero-order valence-electron chi connectivity index (χ0n) is 10.1. The largest absolute Gasteiger partial charge is 0.324 e. The van der Waals surface area contributed by atoms with E-state index in [-0.39, 0.29) is 11.9 Å². The molecule has 0 amide bonds. The van der Waals surface area contributed by atoms with Crippen molar-refractivity contribution in [2.45, 2.75) is 38.6 Å². The quantitative estimate of drug-likeness (QED) is 0.860. The summed E-state index contributed by atoms with van der Waals surface area (Å²) < 4.78 is 14.0. The molecule has 0 spiro atoms. The molecular weight excluding hydrogens is 281 g/mol. The number of hydrogen-bond donors (Lipinski definition) is 1. The third-order valence-corrected chi connectivity index (χ3v) is 4.46. The molecule has 0 bridgehead atoms. The third kappa shape index (κ3) is 3.08. The second-order valence-corrected chi connectivity index (χ2v) is 6.09. The molecule has 94 valence electrons. The topological polar surface area (TPSA) is 26.0 Å². The molecule has 3 atom stereocenters. The first kappa shape index (κ1) is 13.0. The van der Waals surface area contributed by atoms with Crippen molar-refractivity contribution in [3.63, 3.8) is 0 Å². The minimum absolute atomic E-state index is 0.0275. The van der Waals surface area contributed by atoms with Crippen molar-refractivity contribution >= 4 is 15.9 Å². The molecule has 0 saturated heterocycles. The molecule has 1 aliphatic rings. The summed E-state index contributed by atoms with van der Waals surface area (Å²) in [6.07, 6.45) is 4.89. The van der Waals surface area contributed by atoms with Gasteiger partial charge in [0.25, 0.3) is 0 Å². The first-order valence-corrected chi connectivity index (χ1v) is 7.07. The zero-order chi connectivity index (χ0) is 12.4. The van der Waals surface area contributed by atoms with E-state index in [0.29, 0.717) is 10.4 Å². The van der Waals surface area contributed by atoms with Crippen LogP contribution in [0.3, 0.4) is 0 Å². The Kier molecular flexibility index (Phi) is 4.21. The fourth-order valence-corrected chi connectivity index (χ4v) is 3.05. The van der Waals surface area contributed by atoms with E-state index in [9.17, 15) is 4.39 Å². The molecule has 1 aromatic carbocycles. The van der Waals surface area contributed by atoms with Gasteiger partial charge < -0.3 is 5.73 Å². The van der Waals surface area contributed by atoms with Gasteiger partial charge in [-0.1, -0.05) is 25.8 Å². The lowest BCUT2D eigenvalue weighted by atomic mass is 9.77. The van der Waals surface area contributed by atoms with Crippen LogP contribution in [-0.2, 0) is 0 Å². The molecule has 3 heteroatoms. The Labute approximate surface area is 111 Å². The summed E-state index contributed by atoms with van der Waals surface area (Å²) in [6.45, 7) is 2.28. The van der Waals surface area contributed by atoms with Gasteiger partial charge in [0.1, 0.15) is 5.82 Å². The molecule has 1 saturated carbocycles. The van der Waals surface area contributed by atoms with Crippen molar-refractivity contribution in [3.05, 3.63) is 34.1 Å². The zero-order valence-corrected chi connectivity index (χ0v) is 11.7. The van der Waals surface area contributed by atoms with E-state index in [4.69, 9.17) is 5.73 Å². The van der Waals surface area contributed by atoms with E-state index in [1.165, 1.54) is 25.7 Å². The van der Waals surface area contributed by atoms with E-state index >= 15 is 0 Å². The van der Waals surface area contributed by atoms with E-state index in [1.54, 1.807) is 12.1 Å². The molecule has 1 aromatic rings. The molecule has 1 nitrogen and oxygen atoms in total. The maximum atomic E-state index is 13.5. The standard InChI is InChI=1S/C14H19BrFN/c1-9-3-2-4-10(7-9)14(17)11-5-6-12(15)13(16)8-11/h5-6,8-10,14H,2-4,7,17H2,1H3. The second kappa shape index (κ2) is 5.49. The summed E-state index contributed by atoms with van der Waals surface area (Å²) in [5.41, 5.74) is 7.19. The first-order chi connectivity index (χ1) is 8.08. The van der Waals surface area contributed by atoms with Gasteiger partial charge in [-0.25, -0.2) is 4.39 Å². The highest BCUT2D eigenvalue weighted by Crippen LogP contribution is 2.36. The predicted octanol–water partition coefficient (Wildman–Crippen LogP) is 4.41. The maximum absolute atomic E-state index is 13.5. The lowest BCUT2D eigenvalue weighted by Crippen LogP contribution is -2.26. The molecule has 2 N–H and O–H groups in total. The van der Waals surface area contributed by atoms with Crippen LogP contribution in [0.25, 0.3) is 0 Å². The van der Waals surface area contributed by atoms with Crippen molar-refractivity contribution in [1.82, 2.24) is 0 Å². The van der Waals surface area contributed by atoms with Crippen LogP contribution in [0.2, 0.25) is 0 Å². The number of benzene rings is 1. The molecule has 1 fully saturated rings. The van der Waals surface area contributed by atoms with Gasteiger partial charge in [0.2, 0.25) is 0 Å². The average molecular weight is 300 g/mol. The van der Waals surface area contributed by atoms with E-state index in [1.807, 2.05) is 6.07 Å². The Morgan fingerprint density at radius 1 is 1.41 bits per heavy atom. The summed E-state index contributed by atoms with van der Waals surface area (Å²) in [4.78, 5) is 0. The molecule has 0 heterocycles. The van der Waals surface area contributed by atoms with Crippen molar-refractivity contribution < 1.29 is 4.39 Å². The monoisotopic (exact) mass is 299 g/mol. The highest BCUT2D eigenvalue weighted by molar-refractivity contribution is 9.10. The minimum atomic E-state index is -0.221. The number of rotatable bonds is 2. The Morgan fingerprint density at radius 3 is 2.82 bits per heavy atom. The molecule has 2 rings (SSSR count). The SMILES string of the molecule is CC1CCCC(C(N)c2ccc(Br)c(F)c2)C1. The highest BCUT2D eigenvalue weighted by Gasteiger charge is 2.25. The predicted molar refractivity (Wildman–Crippen MR) is 72.2 cm³/mol. The van der Waals surface area contributed by atoms with Gasteiger partial charge in [-0.05, 0) is 58.3 Å². The van der Waals surface area contributed by atoms with Gasteiger partial charge in [-0.2, -0.15) is 0 Å². The van der Waals surface area contributed by atoms with E-state index in [2.05, 4.69) is 22.9 Å². The number of nitrogens with two attached hydrogens (primary N) is 1. The van der Waals surface area contributed by atoms with Crippen LogP contribution in [0.1, 0.15) is 44.2 Å². The Morgan fingerprint density at radius 2 is 2.18 bits per heavy atom. The van der Waals surface area contributed by atoms with Crippen LogP contribution in [0.5, 0.6) is 0 Å². The van der Waals surface area contributed by atoms with Gasteiger partial charge >= 0.3 is 0 Å². The molecule has 0 aromatic heterocycles. The van der Waals surface area contributed by atoms with Gasteiger partial charge in [-0.15, -0.1) is 0 Å². The lowest BCUT2D eigenvalue weighted by molar-refractivity contribution is 0.247. The molecule has 17 heavy (non-hydrogen) atoms. The number of halogens is 2. The first-order valence-electron chi connectivity index (χ1n) is 6.28. The molecule has 0 aliphatic heterocycles. The Bertz CT molecular complexity index is 394. The van der Waals surface area contributed by atoms with E-state index < -0.39 is 0 Å². The molecule has 3 unspecified atom stereocenters. The van der Waals surface area contributed by atoms with Crippen LogP contribution >= 0.6 is 15.9 Å². The van der Waals surface area contributed by atoms with E-state index in [0.717, 1.165) is 11.5 Å². The van der Waals surface area contributed by atoms with Gasteiger partial charge in [0, 0.05) is 6.04 Å². The molecule has 1 aliphatic carbocycles. The summed E-state index contributed by atoms with van der Waals surface area (Å²) >= 11 is 3.17. The number of hydrogen-bond acceptors (Lipinski definition) is 1. The fourth-order valence-electron chi connectivity index (χ4n) is 2.80. The smallest absolute Gasteiger partial charge is 0.137 e. The molecule has 0 radical (unpaired) electrons. The maximum Gasteiger partial charge on any atom is 0.137 e. The summed E-state index contributed by atoms with van der Waals surface area (Å²) in [5.74, 6) is 1.03. The van der Waals surface area contributed by atoms with Crippen LogP contribution in [0, 0.1) is 17.7 Å². The van der Waals surface area contributed by atoms with Crippen molar-refractivity contribution in [3.8, 4) is 0 Å². The second-order valence-electron chi connectivity index (χ2n) is 5.23. The highest BCUT2D eigenvalue weighted by atomic mass is 79.9. The van der Waals surface area contributed by atoms with Gasteiger partial charge in [0.15, 0.2) is 0 Å². The Hall–Kier alpha value is -0.410. The van der Waals surface area contributed by atoms with Crippen molar-refractivity contribution in [2.24, 2.45) is 17.6 Å². The molecular formula is C14H19BrFN. The van der Waals surface area contributed by atoms with Crippen LogP contribution in [-0.4, -0.2) is 0 Å². The summed E-state index contributed by atoms with van der Waals surface area (Å²) in [6, 6.07) is 5.21. The normalized spacial score (nSPS) is 26.8.